The summed E-state index contributed by atoms with van der Waals surface area (Å²) in [4.78, 5) is 24.0. The second kappa shape index (κ2) is 6.76. The first-order valence-electron chi connectivity index (χ1n) is 9.13. The Kier molecular flexibility index (Phi) is 4.11. The molecule has 1 unspecified atom stereocenters. The van der Waals surface area contributed by atoms with E-state index in [-0.39, 0.29) is 11.6 Å². The van der Waals surface area contributed by atoms with Crippen LogP contribution in [-0.4, -0.2) is 21.4 Å². The van der Waals surface area contributed by atoms with Crippen molar-refractivity contribution in [1.82, 2.24) is 14.9 Å². The number of para-hydroxylation sites is 1. The Bertz CT molecular complexity index is 1150. The standard InChI is InChI=1S/C22H19N3OS/c26-22-16-8-4-5-9-18(16)23-20(24-22)14-25-12-10-19-17(11-13-27-19)21(25)15-6-2-1-3-7-15/h1-9,11,13,21H,10,12,14H2,(H,23,24,26). The second-order valence-electron chi connectivity index (χ2n) is 6.86. The third-order valence-electron chi connectivity index (χ3n) is 5.20. The SMILES string of the molecule is O=c1[nH]c(CN2CCc3sccc3C2c2ccccc2)nc2ccccc12. The molecule has 0 radical (unpaired) electrons. The van der Waals surface area contributed by atoms with Gasteiger partial charge < -0.3 is 4.98 Å². The number of aromatic amines is 1. The van der Waals surface area contributed by atoms with E-state index in [0.717, 1.165) is 24.3 Å². The number of hydrogen-bond donors (Lipinski definition) is 1. The van der Waals surface area contributed by atoms with Crippen LogP contribution in [0, 0.1) is 0 Å². The van der Waals surface area contributed by atoms with Crippen LogP contribution in [0.1, 0.15) is 27.9 Å². The quantitative estimate of drug-likeness (QED) is 0.587. The van der Waals surface area contributed by atoms with E-state index in [9.17, 15) is 4.79 Å². The molecule has 5 heteroatoms. The molecule has 134 valence electrons. The maximum atomic E-state index is 12.4. The molecule has 27 heavy (non-hydrogen) atoms. The van der Waals surface area contributed by atoms with Gasteiger partial charge in [-0.15, -0.1) is 11.3 Å². The van der Waals surface area contributed by atoms with Gasteiger partial charge in [-0.2, -0.15) is 0 Å². The number of nitrogens with one attached hydrogen (secondary N) is 1. The van der Waals surface area contributed by atoms with Crippen LogP contribution < -0.4 is 5.56 Å². The van der Waals surface area contributed by atoms with Crippen molar-refractivity contribution in [2.24, 2.45) is 0 Å². The molecular formula is C22H19N3OS. The highest BCUT2D eigenvalue weighted by Crippen LogP contribution is 2.38. The van der Waals surface area contributed by atoms with Gasteiger partial charge in [-0.3, -0.25) is 9.69 Å². The van der Waals surface area contributed by atoms with Crippen molar-refractivity contribution in [3.63, 3.8) is 0 Å². The molecular weight excluding hydrogens is 354 g/mol. The molecule has 0 fully saturated rings. The fourth-order valence-corrected chi connectivity index (χ4v) is 4.87. The van der Waals surface area contributed by atoms with E-state index in [0.29, 0.717) is 11.9 Å². The molecule has 0 saturated carbocycles. The van der Waals surface area contributed by atoms with Gasteiger partial charge in [0.05, 0.1) is 23.5 Å². The lowest BCUT2D eigenvalue weighted by Gasteiger charge is -2.36. The van der Waals surface area contributed by atoms with Gasteiger partial charge in [-0.05, 0) is 41.1 Å². The first-order valence-corrected chi connectivity index (χ1v) is 10.0. The Labute approximate surface area is 161 Å². The Balaban J connectivity index is 1.55. The predicted molar refractivity (Wildman–Crippen MR) is 109 cm³/mol. The van der Waals surface area contributed by atoms with Gasteiger partial charge >= 0.3 is 0 Å². The van der Waals surface area contributed by atoms with E-state index in [2.05, 4.69) is 45.6 Å². The number of thiophene rings is 1. The van der Waals surface area contributed by atoms with Crippen LogP contribution in [0.4, 0.5) is 0 Å². The number of H-pyrrole nitrogens is 1. The number of fused-ring (bicyclic) bond motifs is 2. The van der Waals surface area contributed by atoms with E-state index >= 15 is 0 Å². The smallest absolute Gasteiger partial charge is 0.258 e. The third-order valence-corrected chi connectivity index (χ3v) is 6.19. The number of benzene rings is 2. The van der Waals surface area contributed by atoms with Crippen LogP contribution in [0.15, 0.2) is 70.8 Å². The monoisotopic (exact) mass is 373 g/mol. The Morgan fingerprint density at radius 1 is 1.07 bits per heavy atom. The van der Waals surface area contributed by atoms with Crippen molar-refractivity contribution in [3.05, 3.63) is 98.2 Å². The number of nitrogens with zero attached hydrogens (tertiary/aromatic N) is 2. The fourth-order valence-electron chi connectivity index (χ4n) is 3.97. The van der Waals surface area contributed by atoms with Crippen molar-refractivity contribution < 1.29 is 0 Å². The second-order valence-corrected chi connectivity index (χ2v) is 7.86. The summed E-state index contributed by atoms with van der Waals surface area (Å²) in [5.41, 5.74) is 3.33. The van der Waals surface area contributed by atoms with Gasteiger partial charge in [0.25, 0.3) is 5.56 Å². The number of rotatable bonds is 3. The van der Waals surface area contributed by atoms with Crippen LogP contribution in [0.5, 0.6) is 0 Å². The normalized spacial score (nSPS) is 17.1. The first-order chi connectivity index (χ1) is 13.3. The molecule has 0 saturated heterocycles. The summed E-state index contributed by atoms with van der Waals surface area (Å²) in [6.45, 7) is 1.57. The average molecular weight is 373 g/mol. The van der Waals surface area contributed by atoms with Crippen molar-refractivity contribution in [2.45, 2.75) is 19.0 Å². The average Bonchev–Trinajstić information content (AvgIpc) is 3.17. The molecule has 2 aromatic carbocycles. The van der Waals surface area contributed by atoms with Gasteiger partial charge in [0.2, 0.25) is 0 Å². The van der Waals surface area contributed by atoms with Crippen molar-refractivity contribution >= 4 is 22.2 Å². The maximum absolute atomic E-state index is 12.4. The van der Waals surface area contributed by atoms with Crippen molar-refractivity contribution in [2.75, 3.05) is 6.54 Å². The number of hydrogen-bond acceptors (Lipinski definition) is 4. The highest BCUT2D eigenvalue weighted by atomic mass is 32.1. The first kappa shape index (κ1) is 16.4. The van der Waals surface area contributed by atoms with Crippen LogP contribution >= 0.6 is 11.3 Å². The molecule has 5 rings (SSSR count). The van der Waals surface area contributed by atoms with Crippen LogP contribution in [0.3, 0.4) is 0 Å². The summed E-state index contributed by atoms with van der Waals surface area (Å²) < 4.78 is 0. The third kappa shape index (κ3) is 2.99. The summed E-state index contributed by atoms with van der Waals surface area (Å²) in [6.07, 6.45) is 1.04. The van der Waals surface area contributed by atoms with Gasteiger partial charge in [0.1, 0.15) is 5.82 Å². The summed E-state index contributed by atoms with van der Waals surface area (Å²) >= 11 is 1.84. The molecule has 1 N–H and O–H groups in total. The molecule has 4 nitrogen and oxygen atoms in total. The number of aromatic nitrogens is 2. The molecule has 4 aromatic rings. The minimum absolute atomic E-state index is 0.0694. The summed E-state index contributed by atoms with van der Waals surface area (Å²) in [5.74, 6) is 0.721. The molecule has 2 aromatic heterocycles. The summed E-state index contributed by atoms with van der Waals surface area (Å²) in [7, 11) is 0. The lowest BCUT2D eigenvalue weighted by molar-refractivity contribution is 0.201. The molecule has 0 bridgehead atoms. The predicted octanol–water partition coefficient (Wildman–Crippen LogP) is 4.13. The lowest BCUT2D eigenvalue weighted by Crippen LogP contribution is -2.36. The van der Waals surface area contributed by atoms with E-state index < -0.39 is 0 Å². The highest BCUT2D eigenvalue weighted by molar-refractivity contribution is 7.10. The maximum Gasteiger partial charge on any atom is 0.258 e. The lowest BCUT2D eigenvalue weighted by atomic mass is 9.93. The highest BCUT2D eigenvalue weighted by Gasteiger charge is 2.30. The minimum Gasteiger partial charge on any atom is -0.309 e. The molecule has 1 atom stereocenters. The minimum atomic E-state index is -0.0694. The topological polar surface area (TPSA) is 49.0 Å². The summed E-state index contributed by atoms with van der Waals surface area (Å²) in [5, 5.41) is 2.82. The van der Waals surface area contributed by atoms with Gasteiger partial charge in [-0.25, -0.2) is 4.98 Å². The molecule has 0 aliphatic carbocycles. The van der Waals surface area contributed by atoms with E-state index in [4.69, 9.17) is 4.98 Å². The van der Waals surface area contributed by atoms with Crippen molar-refractivity contribution in [1.29, 1.82) is 0 Å². The molecule has 0 amide bonds. The Morgan fingerprint density at radius 2 is 1.89 bits per heavy atom. The zero-order chi connectivity index (χ0) is 18.2. The molecule has 1 aliphatic heterocycles. The van der Waals surface area contributed by atoms with Gasteiger partial charge in [-0.1, -0.05) is 42.5 Å². The fraction of sp³-hybridized carbons (Fsp3) is 0.182. The van der Waals surface area contributed by atoms with Crippen LogP contribution in [-0.2, 0) is 13.0 Å². The van der Waals surface area contributed by atoms with Gasteiger partial charge in [0.15, 0.2) is 0 Å². The molecule has 1 aliphatic rings. The van der Waals surface area contributed by atoms with Crippen molar-refractivity contribution in [3.8, 4) is 0 Å². The Morgan fingerprint density at radius 3 is 2.78 bits per heavy atom. The molecule has 3 heterocycles. The van der Waals surface area contributed by atoms with Gasteiger partial charge in [0, 0.05) is 11.4 Å². The van der Waals surface area contributed by atoms with Crippen LogP contribution in [0.2, 0.25) is 0 Å². The summed E-state index contributed by atoms with van der Waals surface area (Å²) in [6, 6.07) is 20.5. The Hall–Kier alpha value is -2.76. The van der Waals surface area contributed by atoms with E-state index in [1.54, 1.807) is 0 Å². The zero-order valence-electron chi connectivity index (χ0n) is 14.8. The van der Waals surface area contributed by atoms with Crippen LogP contribution in [0.25, 0.3) is 10.9 Å². The largest absolute Gasteiger partial charge is 0.309 e. The zero-order valence-corrected chi connectivity index (χ0v) is 15.6. The van der Waals surface area contributed by atoms with E-state index in [1.807, 2.05) is 41.7 Å². The van der Waals surface area contributed by atoms with E-state index in [1.165, 1.54) is 16.0 Å². The molecule has 0 spiro atoms.